The lowest BCUT2D eigenvalue weighted by atomic mass is 9.77. The second-order valence-corrected chi connectivity index (χ2v) is 11.2. The van der Waals surface area contributed by atoms with Crippen LogP contribution in [0.3, 0.4) is 0 Å². The van der Waals surface area contributed by atoms with Gasteiger partial charge >= 0.3 is 6.18 Å². The number of hydrogen-bond acceptors (Lipinski definition) is 4. The molecule has 3 aromatic rings. The van der Waals surface area contributed by atoms with E-state index in [9.17, 15) is 26.0 Å². The van der Waals surface area contributed by atoms with E-state index in [0.717, 1.165) is 28.1 Å². The highest BCUT2D eigenvalue weighted by Gasteiger charge is 2.42. The van der Waals surface area contributed by atoms with Gasteiger partial charge in [-0.2, -0.15) is 13.2 Å². The summed E-state index contributed by atoms with van der Waals surface area (Å²) in [5.74, 6) is -0.203. The van der Waals surface area contributed by atoms with Gasteiger partial charge in [-0.1, -0.05) is 23.8 Å². The third kappa shape index (κ3) is 4.43. The summed E-state index contributed by atoms with van der Waals surface area (Å²) >= 11 is 0. The van der Waals surface area contributed by atoms with E-state index >= 15 is 0 Å². The normalized spacial score (nSPS) is 21.9. The van der Waals surface area contributed by atoms with E-state index in [2.05, 4.69) is 0 Å². The molecular formula is C26H24F4N2O3S. The highest BCUT2D eigenvalue weighted by molar-refractivity contribution is 7.92. The van der Waals surface area contributed by atoms with Crippen LogP contribution in [0, 0.1) is 18.7 Å². The van der Waals surface area contributed by atoms with E-state index in [4.69, 9.17) is 10.5 Å². The molecule has 5 rings (SSSR count). The van der Waals surface area contributed by atoms with Crippen molar-refractivity contribution in [1.29, 1.82) is 0 Å². The first kappa shape index (κ1) is 24.6. The molecule has 2 N–H and O–H groups in total. The molecule has 0 amide bonds. The van der Waals surface area contributed by atoms with Crippen LogP contribution in [-0.2, 0) is 16.2 Å². The van der Waals surface area contributed by atoms with Crippen LogP contribution in [0.15, 0.2) is 65.6 Å². The molecule has 1 heterocycles. The molecule has 0 radical (unpaired) electrons. The molecule has 5 nitrogen and oxygen atoms in total. The maximum atomic E-state index is 14.6. The van der Waals surface area contributed by atoms with Gasteiger partial charge in [0.2, 0.25) is 0 Å². The molecule has 1 saturated carbocycles. The summed E-state index contributed by atoms with van der Waals surface area (Å²) in [5.41, 5.74) is 6.52. The van der Waals surface area contributed by atoms with E-state index in [1.54, 1.807) is 24.3 Å². The summed E-state index contributed by atoms with van der Waals surface area (Å²) in [6.45, 7) is 1.71. The van der Waals surface area contributed by atoms with Crippen molar-refractivity contribution in [2.45, 2.75) is 43.0 Å². The van der Waals surface area contributed by atoms with Crippen molar-refractivity contribution in [3.05, 3.63) is 77.6 Å². The Morgan fingerprint density at radius 2 is 1.78 bits per heavy atom. The van der Waals surface area contributed by atoms with Gasteiger partial charge in [-0.05, 0) is 67.8 Å². The van der Waals surface area contributed by atoms with Crippen LogP contribution in [0.4, 0.5) is 23.2 Å². The molecule has 10 heteroatoms. The smallest absolute Gasteiger partial charge is 0.416 e. The number of halogens is 4. The molecule has 1 aliphatic heterocycles. The van der Waals surface area contributed by atoms with Crippen molar-refractivity contribution >= 4 is 15.7 Å². The minimum absolute atomic E-state index is 0.000178. The number of nitrogens with zero attached hydrogens (tertiary/aromatic N) is 1. The molecule has 2 aliphatic rings. The largest absolute Gasteiger partial charge is 0.486 e. The van der Waals surface area contributed by atoms with Crippen LogP contribution in [0.25, 0.3) is 11.1 Å². The van der Waals surface area contributed by atoms with Crippen molar-refractivity contribution in [3.8, 4) is 16.9 Å². The van der Waals surface area contributed by atoms with Gasteiger partial charge in [0.15, 0.2) is 0 Å². The highest BCUT2D eigenvalue weighted by atomic mass is 32.2. The van der Waals surface area contributed by atoms with Crippen LogP contribution in [0.2, 0.25) is 0 Å². The monoisotopic (exact) mass is 520 g/mol. The number of anilines is 1. The second kappa shape index (κ2) is 8.77. The molecule has 1 atom stereocenters. The molecule has 3 aromatic carbocycles. The molecule has 190 valence electrons. The lowest BCUT2D eigenvalue weighted by Crippen LogP contribution is -2.52. The average molecular weight is 521 g/mol. The first-order chi connectivity index (χ1) is 16.9. The van der Waals surface area contributed by atoms with Crippen LogP contribution in [0.1, 0.15) is 24.0 Å². The lowest BCUT2D eigenvalue weighted by Gasteiger charge is -2.43. The number of nitrogens with two attached hydrogens (primary N) is 1. The molecule has 0 spiro atoms. The first-order valence-corrected chi connectivity index (χ1v) is 12.9. The summed E-state index contributed by atoms with van der Waals surface area (Å²) < 4.78 is 89.3. The van der Waals surface area contributed by atoms with Gasteiger partial charge in [0, 0.05) is 17.5 Å². The van der Waals surface area contributed by atoms with Crippen molar-refractivity contribution in [3.63, 3.8) is 0 Å². The molecule has 1 unspecified atom stereocenters. The zero-order valence-electron chi connectivity index (χ0n) is 19.3. The fourth-order valence-corrected chi connectivity index (χ4v) is 6.27. The quantitative estimate of drug-likeness (QED) is 0.461. The van der Waals surface area contributed by atoms with Crippen LogP contribution >= 0.6 is 0 Å². The number of hydrogen-bond donors (Lipinski definition) is 1. The Hall–Kier alpha value is -3.11. The Balaban J connectivity index is 1.62. The van der Waals surface area contributed by atoms with E-state index in [1.807, 2.05) is 6.92 Å². The Morgan fingerprint density at radius 3 is 2.47 bits per heavy atom. The minimum atomic E-state index is -4.70. The second-order valence-electron chi connectivity index (χ2n) is 9.38. The zero-order chi connectivity index (χ0) is 25.8. The average Bonchev–Trinajstić information content (AvgIpc) is 2.82. The van der Waals surface area contributed by atoms with Crippen LogP contribution in [-0.4, -0.2) is 27.1 Å². The molecule has 0 aromatic heterocycles. The van der Waals surface area contributed by atoms with E-state index in [0.29, 0.717) is 24.5 Å². The van der Waals surface area contributed by atoms with Gasteiger partial charge in [0.25, 0.3) is 10.0 Å². The number of benzene rings is 3. The fourth-order valence-electron chi connectivity index (χ4n) is 4.75. The molecule has 36 heavy (non-hydrogen) atoms. The maximum Gasteiger partial charge on any atom is 0.416 e. The number of sulfonamides is 1. The van der Waals surface area contributed by atoms with Crippen LogP contribution in [0.5, 0.6) is 5.75 Å². The van der Waals surface area contributed by atoms with Gasteiger partial charge in [-0.15, -0.1) is 0 Å². The molecular weight excluding hydrogens is 496 g/mol. The van der Waals surface area contributed by atoms with Gasteiger partial charge in [0.1, 0.15) is 17.7 Å². The first-order valence-electron chi connectivity index (χ1n) is 11.5. The number of alkyl halides is 3. The minimum Gasteiger partial charge on any atom is -0.486 e. The third-order valence-electron chi connectivity index (χ3n) is 6.77. The van der Waals surface area contributed by atoms with Crippen LogP contribution < -0.4 is 14.8 Å². The fraction of sp³-hybridized carbons (Fsp3) is 0.308. The summed E-state index contributed by atoms with van der Waals surface area (Å²) in [6, 6.07) is 13.0. The number of aryl methyl sites for hydroxylation is 1. The summed E-state index contributed by atoms with van der Waals surface area (Å²) in [4.78, 5) is -0.485. The zero-order valence-corrected chi connectivity index (χ0v) is 20.1. The SMILES string of the molecule is Cc1ccc(F)c(-c2ccc3c(c2)N(S(=O)(=O)c2cccc(C(F)(F)F)c2)CC(C2CC(N)C2)O3)c1. The lowest BCUT2D eigenvalue weighted by molar-refractivity contribution is -0.137. The van der Waals surface area contributed by atoms with Crippen molar-refractivity contribution in [1.82, 2.24) is 0 Å². The van der Waals surface area contributed by atoms with Crippen molar-refractivity contribution in [2.75, 3.05) is 10.8 Å². The van der Waals surface area contributed by atoms with Crippen molar-refractivity contribution < 1.29 is 30.7 Å². The van der Waals surface area contributed by atoms with Gasteiger partial charge in [-0.25, -0.2) is 12.8 Å². The van der Waals surface area contributed by atoms with Gasteiger partial charge in [-0.3, -0.25) is 4.31 Å². The van der Waals surface area contributed by atoms with E-state index in [-0.39, 0.29) is 35.5 Å². The van der Waals surface area contributed by atoms with Gasteiger partial charge in [0.05, 0.1) is 22.7 Å². The molecule has 1 aliphatic carbocycles. The molecule has 0 saturated heterocycles. The topological polar surface area (TPSA) is 72.6 Å². The van der Waals surface area contributed by atoms with E-state index in [1.165, 1.54) is 12.1 Å². The Kier molecular flexibility index (Phi) is 5.99. The summed E-state index contributed by atoms with van der Waals surface area (Å²) in [6.07, 6.45) is -3.90. The standard InChI is InChI=1S/C26H24F4N2O3S/c1-15-5-7-22(27)21(9-15)16-6-8-24-23(12-16)32(14-25(35-24)17-10-19(31)11-17)36(33,34)20-4-2-3-18(13-20)26(28,29)30/h2-9,12-13,17,19,25H,10-11,14,31H2,1H3. The number of rotatable bonds is 4. The molecule has 0 bridgehead atoms. The number of fused-ring (bicyclic) bond motifs is 1. The van der Waals surface area contributed by atoms with E-state index < -0.39 is 38.6 Å². The summed E-state index contributed by atoms with van der Waals surface area (Å²) in [5, 5.41) is 0. The van der Waals surface area contributed by atoms with Crippen molar-refractivity contribution in [2.24, 2.45) is 11.7 Å². The Labute approximate surface area is 206 Å². The Bertz CT molecular complexity index is 1420. The Morgan fingerprint density at radius 1 is 1.03 bits per heavy atom. The third-order valence-corrected chi connectivity index (χ3v) is 8.55. The molecule has 1 fully saturated rings. The maximum absolute atomic E-state index is 14.6. The van der Waals surface area contributed by atoms with Gasteiger partial charge < -0.3 is 10.5 Å². The number of ether oxygens (including phenoxy) is 1. The predicted octanol–water partition coefficient (Wildman–Crippen LogP) is 5.51. The highest BCUT2D eigenvalue weighted by Crippen LogP contribution is 2.44. The predicted molar refractivity (Wildman–Crippen MR) is 128 cm³/mol. The summed E-state index contributed by atoms with van der Waals surface area (Å²) in [7, 11) is -4.41.